The van der Waals surface area contributed by atoms with Crippen LogP contribution in [-0.4, -0.2) is 24.5 Å². The summed E-state index contributed by atoms with van der Waals surface area (Å²) in [5, 5.41) is 3.45. The summed E-state index contributed by atoms with van der Waals surface area (Å²) in [6.07, 6.45) is 2.55. The van der Waals surface area contributed by atoms with Gasteiger partial charge in [-0.25, -0.2) is 0 Å². The molecule has 2 rings (SSSR count). The minimum absolute atomic E-state index is 0.835. The van der Waals surface area contributed by atoms with E-state index in [-0.39, 0.29) is 0 Å². The molecule has 1 aromatic rings. The normalized spacial score (nSPS) is 23.9. The van der Waals surface area contributed by atoms with Gasteiger partial charge in [0.15, 0.2) is 0 Å². The van der Waals surface area contributed by atoms with Gasteiger partial charge in [0.1, 0.15) is 0 Å². The van der Waals surface area contributed by atoms with Gasteiger partial charge in [0.25, 0.3) is 0 Å². The third kappa shape index (κ3) is 4.60. The van der Waals surface area contributed by atoms with Gasteiger partial charge in [-0.15, -0.1) is 0 Å². The summed E-state index contributed by atoms with van der Waals surface area (Å²) in [5.74, 6) is 1.72. The number of hydrogen-bond acceptors (Lipinski definition) is 2. The predicted molar refractivity (Wildman–Crippen MR) is 86.7 cm³/mol. The summed E-state index contributed by atoms with van der Waals surface area (Å²) >= 11 is 0. The fourth-order valence-corrected chi connectivity index (χ4v) is 2.92. The van der Waals surface area contributed by atoms with Crippen LogP contribution in [0.15, 0.2) is 24.3 Å². The number of likely N-dealkylation sites (tertiary alicyclic amines) is 1. The Kier molecular flexibility index (Phi) is 6.06. The number of hydrogen-bond donors (Lipinski definition) is 1. The number of piperidine rings is 1. The predicted octanol–water partition coefficient (Wildman–Crippen LogP) is 3.66. The van der Waals surface area contributed by atoms with Crippen LogP contribution in [-0.2, 0) is 13.1 Å². The number of nitrogens with zero attached hydrogens (tertiary/aromatic N) is 1. The van der Waals surface area contributed by atoms with Crippen molar-refractivity contribution < 1.29 is 0 Å². The molecular weight excluding hydrogens is 244 g/mol. The third-order valence-corrected chi connectivity index (χ3v) is 4.60. The van der Waals surface area contributed by atoms with Crippen LogP contribution in [0.1, 0.15) is 44.7 Å². The number of nitrogens with one attached hydrogen (secondary N) is 1. The van der Waals surface area contributed by atoms with Gasteiger partial charge in [-0.05, 0) is 48.9 Å². The molecule has 2 unspecified atom stereocenters. The maximum absolute atomic E-state index is 3.45. The Morgan fingerprint density at radius 3 is 2.45 bits per heavy atom. The molecule has 0 aliphatic carbocycles. The molecule has 112 valence electrons. The van der Waals surface area contributed by atoms with Crippen LogP contribution < -0.4 is 5.32 Å². The molecule has 2 atom stereocenters. The molecule has 0 amide bonds. The van der Waals surface area contributed by atoms with Gasteiger partial charge in [0.2, 0.25) is 0 Å². The van der Waals surface area contributed by atoms with E-state index in [1.165, 1.54) is 37.1 Å². The van der Waals surface area contributed by atoms with Gasteiger partial charge < -0.3 is 5.32 Å². The van der Waals surface area contributed by atoms with E-state index >= 15 is 0 Å². The first-order valence-electron chi connectivity index (χ1n) is 8.20. The van der Waals surface area contributed by atoms with E-state index in [4.69, 9.17) is 0 Å². The topological polar surface area (TPSA) is 15.3 Å². The van der Waals surface area contributed by atoms with Gasteiger partial charge >= 0.3 is 0 Å². The van der Waals surface area contributed by atoms with E-state index < -0.39 is 0 Å². The van der Waals surface area contributed by atoms with Crippen molar-refractivity contribution in [3.05, 3.63) is 35.4 Å². The molecule has 1 saturated heterocycles. The van der Waals surface area contributed by atoms with Crippen molar-refractivity contribution in [2.75, 3.05) is 19.6 Å². The summed E-state index contributed by atoms with van der Waals surface area (Å²) in [5.41, 5.74) is 2.84. The molecule has 0 aromatic heterocycles. The molecule has 1 aliphatic heterocycles. The lowest BCUT2D eigenvalue weighted by molar-refractivity contribution is 0.132. The third-order valence-electron chi connectivity index (χ3n) is 4.60. The van der Waals surface area contributed by atoms with Gasteiger partial charge in [-0.1, -0.05) is 45.0 Å². The van der Waals surface area contributed by atoms with Crippen LogP contribution in [0.2, 0.25) is 0 Å². The quantitative estimate of drug-likeness (QED) is 0.796. The lowest BCUT2D eigenvalue weighted by Crippen LogP contribution is -2.37. The first-order chi connectivity index (χ1) is 9.69. The van der Waals surface area contributed by atoms with Gasteiger partial charge in [0, 0.05) is 19.6 Å². The zero-order valence-electron chi connectivity index (χ0n) is 13.4. The molecular formula is C18H30N2. The van der Waals surface area contributed by atoms with Gasteiger partial charge in [-0.2, -0.15) is 0 Å². The largest absolute Gasteiger partial charge is 0.313 e. The Hall–Kier alpha value is -0.860. The van der Waals surface area contributed by atoms with Crippen molar-refractivity contribution >= 4 is 0 Å². The monoisotopic (exact) mass is 274 g/mol. The fraction of sp³-hybridized carbons (Fsp3) is 0.667. The van der Waals surface area contributed by atoms with E-state index in [9.17, 15) is 0 Å². The van der Waals surface area contributed by atoms with Crippen molar-refractivity contribution in [3.8, 4) is 0 Å². The maximum Gasteiger partial charge on any atom is 0.0233 e. The zero-order chi connectivity index (χ0) is 14.4. The van der Waals surface area contributed by atoms with E-state index in [1.54, 1.807) is 0 Å². The zero-order valence-corrected chi connectivity index (χ0v) is 13.4. The van der Waals surface area contributed by atoms with Crippen LogP contribution in [0.5, 0.6) is 0 Å². The van der Waals surface area contributed by atoms with Gasteiger partial charge in [-0.3, -0.25) is 4.90 Å². The van der Waals surface area contributed by atoms with Crippen molar-refractivity contribution in [1.82, 2.24) is 10.2 Å². The summed E-state index contributed by atoms with van der Waals surface area (Å²) in [4.78, 5) is 2.61. The minimum Gasteiger partial charge on any atom is -0.313 e. The summed E-state index contributed by atoms with van der Waals surface area (Å²) in [6, 6.07) is 9.14. The summed E-state index contributed by atoms with van der Waals surface area (Å²) < 4.78 is 0. The SMILES string of the molecule is CCCNCc1ccc(CN2CCC(C)C(C)C2)cc1. The molecule has 0 bridgehead atoms. The lowest BCUT2D eigenvalue weighted by atomic mass is 9.88. The summed E-state index contributed by atoms with van der Waals surface area (Å²) in [7, 11) is 0. The van der Waals surface area contributed by atoms with Crippen molar-refractivity contribution in [1.29, 1.82) is 0 Å². The van der Waals surface area contributed by atoms with E-state index in [2.05, 4.69) is 55.3 Å². The highest BCUT2D eigenvalue weighted by molar-refractivity contribution is 5.22. The van der Waals surface area contributed by atoms with Crippen molar-refractivity contribution in [2.24, 2.45) is 11.8 Å². The molecule has 2 heteroatoms. The van der Waals surface area contributed by atoms with Crippen LogP contribution in [0.4, 0.5) is 0 Å². The Morgan fingerprint density at radius 1 is 1.10 bits per heavy atom. The molecule has 1 aromatic carbocycles. The number of rotatable bonds is 6. The molecule has 0 radical (unpaired) electrons. The molecule has 20 heavy (non-hydrogen) atoms. The fourth-order valence-electron chi connectivity index (χ4n) is 2.92. The van der Waals surface area contributed by atoms with E-state index in [1.807, 2.05) is 0 Å². The molecule has 1 aliphatic rings. The average molecular weight is 274 g/mol. The van der Waals surface area contributed by atoms with E-state index in [0.717, 1.165) is 31.5 Å². The molecule has 2 nitrogen and oxygen atoms in total. The first-order valence-corrected chi connectivity index (χ1v) is 8.20. The smallest absolute Gasteiger partial charge is 0.0233 e. The second-order valence-corrected chi connectivity index (χ2v) is 6.47. The van der Waals surface area contributed by atoms with Crippen LogP contribution in [0, 0.1) is 11.8 Å². The highest BCUT2D eigenvalue weighted by Gasteiger charge is 2.22. The molecule has 1 fully saturated rings. The maximum atomic E-state index is 3.45. The summed E-state index contributed by atoms with van der Waals surface area (Å²) in [6.45, 7) is 12.7. The number of benzene rings is 1. The van der Waals surface area contributed by atoms with Crippen LogP contribution >= 0.6 is 0 Å². The minimum atomic E-state index is 0.835. The standard InChI is InChI=1S/C18H30N2/c1-4-10-19-12-17-5-7-18(8-6-17)14-20-11-9-15(2)16(3)13-20/h5-8,15-16,19H,4,9-14H2,1-3H3. The molecule has 0 saturated carbocycles. The average Bonchev–Trinajstić information content (AvgIpc) is 2.45. The highest BCUT2D eigenvalue weighted by atomic mass is 15.1. The lowest BCUT2D eigenvalue weighted by Gasteiger charge is -2.35. The Morgan fingerprint density at radius 2 is 1.80 bits per heavy atom. The molecule has 1 N–H and O–H groups in total. The van der Waals surface area contributed by atoms with Crippen LogP contribution in [0.3, 0.4) is 0 Å². The van der Waals surface area contributed by atoms with Crippen molar-refractivity contribution in [2.45, 2.75) is 46.7 Å². The Balaban J connectivity index is 1.81. The second kappa shape index (κ2) is 7.80. The Bertz CT molecular complexity index is 385. The molecule has 1 heterocycles. The van der Waals surface area contributed by atoms with Crippen LogP contribution in [0.25, 0.3) is 0 Å². The molecule has 0 spiro atoms. The highest BCUT2D eigenvalue weighted by Crippen LogP contribution is 2.23. The first kappa shape index (κ1) is 15.5. The Labute approximate surface area is 124 Å². The second-order valence-electron chi connectivity index (χ2n) is 6.47. The van der Waals surface area contributed by atoms with Gasteiger partial charge in [0.05, 0.1) is 0 Å². The van der Waals surface area contributed by atoms with E-state index in [0.29, 0.717) is 0 Å². The van der Waals surface area contributed by atoms with Crippen molar-refractivity contribution in [3.63, 3.8) is 0 Å².